The first-order valence-electron chi connectivity index (χ1n) is 8.12. The zero-order valence-electron chi connectivity index (χ0n) is 15.8. The topological polar surface area (TPSA) is 108 Å². The number of esters is 3. The molecule has 0 fully saturated rings. The molecule has 0 spiro atoms. The summed E-state index contributed by atoms with van der Waals surface area (Å²) >= 11 is 0. The Hall–Kier alpha value is -3.04. The number of carbonyl (C=O) groups is 4. The van der Waals surface area contributed by atoms with Gasteiger partial charge in [-0.1, -0.05) is 6.92 Å². The van der Waals surface area contributed by atoms with E-state index in [1.807, 2.05) is 0 Å². The minimum absolute atomic E-state index is 0.0313. The van der Waals surface area contributed by atoms with Crippen molar-refractivity contribution in [1.29, 1.82) is 0 Å². The summed E-state index contributed by atoms with van der Waals surface area (Å²) in [7, 11) is 3.16. The molecule has 0 aliphatic carbocycles. The van der Waals surface area contributed by atoms with Crippen LogP contribution in [0.2, 0.25) is 0 Å². The Morgan fingerprint density at radius 2 is 1.36 bits per heavy atom. The van der Waals surface area contributed by atoms with Crippen LogP contribution < -0.4 is 5.32 Å². The second kappa shape index (κ2) is 10.3. The summed E-state index contributed by atoms with van der Waals surface area (Å²) < 4.78 is 40.3. The third-order valence-electron chi connectivity index (χ3n) is 4.02. The van der Waals surface area contributed by atoms with Crippen LogP contribution in [0.5, 0.6) is 0 Å². The predicted octanol–water partition coefficient (Wildman–Crippen LogP) is 0.763. The van der Waals surface area contributed by atoms with Gasteiger partial charge < -0.3 is 19.5 Å². The molecule has 0 bridgehead atoms. The second-order valence-corrected chi connectivity index (χ2v) is 5.91. The first-order chi connectivity index (χ1) is 13.1. The van der Waals surface area contributed by atoms with Crippen molar-refractivity contribution < 1.29 is 42.2 Å². The predicted molar refractivity (Wildman–Crippen MR) is 90.7 cm³/mol. The molecule has 0 saturated heterocycles. The highest BCUT2D eigenvalue weighted by molar-refractivity contribution is 5.96. The fraction of sp³-hybridized carbons (Fsp3) is 0.444. The lowest BCUT2D eigenvalue weighted by molar-refractivity contribution is -0.163. The van der Waals surface area contributed by atoms with Crippen molar-refractivity contribution in [3.8, 4) is 0 Å². The zero-order valence-corrected chi connectivity index (χ0v) is 15.8. The Morgan fingerprint density at radius 1 is 0.893 bits per heavy atom. The van der Waals surface area contributed by atoms with E-state index in [1.165, 1.54) is 6.92 Å². The van der Waals surface area contributed by atoms with Gasteiger partial charge in [0.05, 0.1) is 27.8 Å². The van der Waals surface area contributed by atoms with Crippen LogP contribution in [0.4, 0.5) is 8.78 Å². The van der Waals surface area contributed by atoms with Gasteiger partial charge in [0.1, 0.15) is 17.7 Å². The minimum Gasteiger partial charge on any atom is -0.468 e. The van der Waals surface area contributed by atoms with E-state index in [2.05, 4.69) is 19.5 Å². The van der Waals surface area contributed by atoms with Gasteiger partial charge in [-0.2, -0.15) is 0 Å². The molecule has 0 aliphatic rings. The lowest BCUT2D eigenvalue weighted by atomic mass is 9.87. The summed E-state index contributed by atoms with van der Waals surface area (Å²) in [5, 5.41) is 2.32. The number of benzene rings is 1. The molecule has 0 heterocycles. The van der Waals surface area contributed by atoms with Crippen LogP contribution >= 0.6 is 0 Å². The van der Waals surface area contributed by atoms with Gasteiger partial charge in [-0.25, -0.2) is 13.6 Å². The number of carbonyl (C=O) groups excluding carboxylic acids is 4. The molecule has 0 unspecified atom stereocenters. The summed E-state index contributed by atoms with van der Waals surface area (Å²) in [6, 6.07) is 1.16. The van der Waals surface area contributed by atoms with Crippen molar-refractivity contribution in [1.82, 2.24) is 5.32 Å². The van der Waals surface area contributed by atoms with Crippen molar-refractivity contribution in [2.24, 2.45) is 11.8 Å². The molecule has 1 amide bonds. The summed E-state index contributed by atoms with van der Waals surface area (Å²) in [5.41, 5.74) is 0.0313. The third kappa shape index (κ3) is 6.00. The van der Waals surface area contributed by atoms with Gasteiger partial charge in [0.25, 0.3) is 0 Å². The molecule has 2 atom stereocenters. The van der Waals surface area contributed by atoms with E-state index in [0.717, 1.165) is 33.5 Å². The lowest BCUT2D eigenvalue weighted by Crippen LogP contribution is -2.51. The highest BCUT2D eigenvalue weighted by Crippen LogP contribution is 2.21. The quantitative estimate of drug-likeness (QED) is 0.389. The van der Waals surface area contributed by atoms with E-state index in [9.17, 15) is 28.0 Å². The molecule has 154 valence electrons. The van der Waals surface area contributed by atoms with Gasteiger partial charge in [0, 0.05) is 12.0 Å². The van der Waals surface area contributed by atoms with Crippen LogP contribution in [0.3, 0.4) is 0 Å². The van der Waals surface area contributed by atoms with Gasteiger partial charge in [-0.05, 0) is 17.7 Å². The largest absolute Gasteiger partial charge is 0.468 e. The molecule has 0 aliphatic heterocycles. The number of halogens is 2. The van der Waals surface area contributed by atoms with E-state index in [0.29, 0.717) is 6.07 Å². The maximum atomic E-state index is 13.3. The maximum Gasteiger partial charge on any atom is 0.328 e. The van der Waals surface area contributed by atoms with E-state index in [-0.39, 0.29) is 5.56 Å². The third-order valence-corrected chi connectivity index (χ3v) is 4.02. The Balaban J connectivity index is 3.06. The molecular weight excluding hydrogens is 380 g/mol. The lowest BCUT2D eigenvalue weighted by Gasteiger charge is -2.27. The highest BCUT2D eigenvalue weighted by Gasteiger charge is 2.42. The number of hydrogen-bond donors (Lipinski definition) is 1. The molecule has 28 heavy (non-hydrogen) atoms. The van der Waals surface area contributed by atoms with E-state index in [4.69, 9.17) is 0 Å². The fourth-order valence-corrected chi connectivity index (χ4v) is 2.63. The monoisotopic (exact) mass is 401 g/mol. The van der Waals surface area contributed by atoms with Crippen LogP contribution in [-0.4, -0.2) is 51.2 Å². The van der Waals surface area contributed by atoms with Crippen molar-refractivity contribution in [2.75, 3.05) is 21.3 Å². The van der Waals surface area contributed by atoms with Crippen LogP contribution in [0.25, 0.3) is 0 Å². The van der Waals surface area contributed by atoms with Gasteiger partial charge in [-0.15, -0.1) is 0 Å². The maximum absolute atomic E-state index is 13.3. The number of ether oxygens (including phenoxy) is 3. The van der Waals surface area contributed by atoms with Crippen LogP contribution in [0.1, 0.15) is 12.5 Å². The Morgan fingerprint density at radius 3 is 1.79 bits per heavy atom. The molecule has 1 rings (SSSR count). The van der Waals surface area contributed by atoms with Gasteiger partial charge in [0.15, 0.2) is 5.92 Å². The van der Waals surface area contributed by atoms with E-state index < -0.39 is 59.7 Å². The number of amides is 1. The van der Waals surface area contributed by atoms with Crippen molar-refractivity contribution in [3.05, 3.63) is 35.4 Å². The molecule has 8 nitrogen and oxygen atoms in total. The first kappa shape index (κ1) is 23.0. The average molecular weight is 401 g/mol. The standard InChI is InChI=1S/C18H21F2NO7/c1-9(14(16(23)26-2)17(24)27-3)15(18(25)28-4)21-13(22)7-10-5-11(19)8-12(20)6-10/h5-6,8-9,14-15H,7H2,1-4H3,(H,21,22)/t9-,15-/m1/s1. The van der Waals surface area contributed by atoms with Crippen LogP contribution in [0.15, 0.2) is 18.2 Å². The highest BCUT2D eigenvalue weighted by atomic mass is 19.1. The second-order valence-electron chi connectivity index (χ2n) is 5.91. The number of hydrogen-bond acceptors (Lipinski definition) is 7. The van der Waals surface area contributed by atoms with Crippen LogP contribution in [-0.2, 0) is 39.8 Å². The van der Waals surface area contributed by atoms with Crippen molar-refractivity contribution >= 4 is 23.8 Å². The summed E-state index contributed by atoms with van der Waals surface area (Å²) in [5.74, 6) is -7.96. The summed E-state index contributed by atoms with van der Waals surface area (Å²) in [6.45, 7) is 1.35. The molecular formula is C18H21F2NO7. The molecule has 1 aromatic carbocycles. The normalized spacial score (nSPS) is 12.7. The summed E-state index contributed by atoms with van der Waals surface area (Å²) in [4.78, 5) is 48.3. The Labute approximate surface area is 160 Å². The van der Waals surface area contributed by atoms with E-state index >= 15 is 0 Å². The summed E-state index contributed by atoms with van der Waals surface area (Å²) in [6.07, 6.45) is -0.448. The molecule has 0 radical (unpaired) electrons. The number of nitrogens with one attached hydrogen (secondary N) is 1. The zero-order chi connectivity index (χ0) is 21.4. The Bertz CT molecular complexity index is 717. The van der Waals surface area contributed by atoms with Crippen molar-refractivity contribution in [2.45, 2.75) is 19.4 Å². The molecule has 1 aromatic rings. The molecule has 0 aromatic heterocycles. The SMILES string of the molecule is COC(=O)C(C(=O)OC)[C@@H](C)[C@@H](NC(=O)Cc1cc(F)cc(F)c1)C(=O)OC. The smallest absolute Gasteiger partial charge is 0.328 e. The first-order valence-corrected chi connectivity index (χ1v) is 8.12. The number of methoxy groups -OCH3 is 3. The average Bonchev–Trinajstić information content (AvgIpc) is 2.64. The van der Waals surface area contributed by atoms with Crippen molar-refractivity contribution in [3.63, 3.8) is 0 Å². The molecule has 0 saturated carbocycles. The Kier molecular flexibility index (Phi) is 8.49. The van der Waals surface area contributed by atoms with Gasteiger partial charge in [-0.3, -0.25) is 14.4 Å². The molecule has 1 N–H and O–H groups in total. The van der Waals surface area contributed by atoms with Crippen LogP contribution in [0, 0.1) is 23.5 Å². The number of rotatable bonds is 8. The minimum atomic E-state index is -1.51. The molecule has 10 heteroatoms. The fourth-order valence-electron chi connectivity index (χ4n) is 2.63. The van der Waals surface area contributed by atoms with E-state index in [1.54, 1.807) is 0 Å². The van der Waals surface area contributed by atoms with Gasteiger partial charge in [0.2, 0.25) is 5.91 Å². The van der Waals surface area contributed by atoms with Gasteiger partial charge >= 0.3 is 17.9 Å².